The molecular weight excluding hydrogens is 406 g/mol. The second kappa shape index (κ2) is 8.06. The van der Waals surface area contributed by atoms with Crippen LogP contribution in [-0.4, -0.2) is 61.6 Å². The van der Waals surface area contributed by atoms with Crippen molar-refractivity contribution < 1.29 is 9.53 Å². The van der Waals surface area contributed by atoms with Crippen molar-refractivity contribution in [2.45, 2.75) is 60.5 Å². The molecule has 0 radical (unpaired) electrons. The monoisotopic (exact) mass is 437 g/mol. The third-order valence-electron chi connectivity index (χ3n) is 7.38. The van der Waals surface area contributed by atoms with E-state index in [1.165, 1.54) is 37.1 Å². The maximum atomic E-state index is 12.8. The maximum absolute atomic E-state index is 12.8. The Hall–Kier alpha value is -2.18. The first kappa shape index (κ1) is 20.7. The van der Waals surface area contributed by atoms with Gasteiger partial charge in [-0.05, 0) is 70.0 Å². The Bertz CT molecular complexity index is 996. The van der Waals surface area contributed by atoms with Gasteiger partial charge in [-0.1, -0.05) is 17.8 Å². The van der Waals surface area contributed by atoms with Crippen LogP contribution in [0.2, 0.25) is 0 Å². The minimum Gasteiger partial charge on any atom is -0.495 e. The maximum Gasteiger partial charge on any atom is 0.253 e. The van der Waals surface area contributed by atoms with Crippen LogP contribution in [0.3, 0.4) is 0 Å². The van der Waals surface area contributed by atoms with Crippen LogP contribution in [-0.2, 0) is 0 Å². The van der Waals surface area contributed by atoms with Gasteiger partial charge in [0.15, 0.2) is 0 Å². The van der Waals surface area contributed by atoms with Crippen molar-refractivity contribution in [3.8, 4) is 5.75 Å². The van der Waals surface area contributed by atoms with E-state index in [9.17, 15) is 4.79 Å². The van der Waals surface area contributed by atoms with Crippen LogP contribution in [0.15, 0.2) is 46.2 Å². The third-order valence-corrected chi connectivity index (χ3v) is 8.54. The van der Waals surface area contributed by atoms with E-state index in [-0.39, 0.29) is 5.91 Å². The van der Waals surface area contributed by atoms with Crippen LogP contribution in [0.25, 0.3) is 0 Å². The summed E-state index contributed by atoms with van der Waals surface area (Å²) in [5.74, 6) is 0.970. The van der Waals surface area contributed by atoms with E-state index in [4.69, 9.17) is 4.74 Å². The smallest absolute Gasteiger partial charge is 0.253 e. The van der Waals surface area contributed by atoms with Crippen LogP contribution in [0, 0.1) is 0 Å². The lowest BCUT2D eigenvalue weighted by Crippen LogP contribution is -2.48. The fourth-order valence-corrected chi connectivity index (χ4v) is 6.68. The molecule has 0 aliphatic carbocycles. The van der Waals surface area contributed by atoms with Gasteiger partial charge in [0.1, 0.15) is 5.75 Å². The topological polar surface area (TPSA) is 36.0 Å². The number of anilines is 2. The number of benzene rings is 2. The van der Waals surface area contributed by atoms with Crippen molar-refractivity contribution in [3.63, 3.8) is 0 Å². The molecule has 5 rings (SSSR count). The molecule has 0 aromatic heterocycles. The summed E-state index contributed by atoms with van der Waals surface area (Å²) in [6.07, 6.45) is 4.95. The number of hydrogen-bond acceptors (Lipinski definition) is 5. The Balaban J connectivity index is 1.59. The van der Waals surface area contributed by atoms with Crippen molar-refractivity contribution in [1.82, 2.24) is 9.80 Å². The molecule has 1 amide bonds. The predicted molar refractivity (Wildman–Crippen MR) is 126 cm³/mol. The van der Waals surface area contributed by atoms with E-state index in [0.29, 0.717) is 24.7 Å². The van der Waals surface area contributed by atoms with Crippen LogP contribution < -0.4 is 9.64 Å². The van der Waals surface area contributed by atoms with Crippen LogP contribution in [0.5, 0.6) is 5.75 Å². The molecule has 2 saturated heterocycles. The molecule has 2 aromatic rings. The molecule has 0 N–H and O–H groups in total. The van der Waals surface area contributed by atoms with Gasteiger partial charge in [-0.25, -0.2) is 0 Å². The molecule has 2 aromatic carbocycles. The summed E-state index contributed by atoms with van der Waals surface area (Å²) in [6.45, 7) is 2.70. The zero-order valence-corrected chi connectivity index (χ0v) is 19.6. The summed E-state index contributed by atoms with van der Waals surface area (Å²) in [6, 6.07) is 14.3. The van der Waals surface area contributed by atoms with E-state index >= 15 is 0 Å². The normalized spacial score (nSPS) is 24.5. The quantitative estimate of drug-likeness (QED) is 0.672. The molecule has 3 aliphatic heterocycles. The van der Waals surface area contributed by atoms with Gasteiger partial charge in [-0.2, -0.15) is 0 Å². The molecule has 3 heterocycles. The van der Waals surface area contributed by atoms with Gasteiger partial charge in [0.2, 0.25) is 0 Å². The summed E-state index contributed by atoms with van der Waals surface area (Å²) in [5.41, 5.74) is 3.20. The van der Waals surface area contributed by atoms with Gasteiger partial charge >= 0.3 is 0 Å². The summed E-state index contributed by atoms with van der Waals surface area (Å²) in [7, 11) is 5.88. The van der Waals surface area contributed by atoms with Crippen molar-refractivity contribution in [3.05, 3.63) is 42.0 Å². The lowest BCUT2D eigenvalue weighted by Gasteiger charge is -2.45. The average Bonchev–Trinajstić information content (AvgIpc) is 3.00. The highest BCUT2D eigenvalue weighted by molar-refractivity contribution is 7.99. The summed E-state index contributed by atoms with van der Waals surface area (Å²) < 4.78 is 5.74. The van der Waals surface area contributed by atoms with E-state index in [1.807, 2.05) is 26.1 Å². The van der Waals surface area contributed by atoms with Gasteiger partial charge in [-0.15, -0.1) is 0 Å². The van der Waals surface area contributed by atoms with Gasteiger partial charge in [0, 0.05) is 42.2 Å². The molecule has 6 heteroatoms. The molecule has 2 atom stereocenters. The lowest BCUT2D eigenvalue weighted by atomic mass is 9.95. The zero-order chi connectivity index (χ0) is 21.7. The lowest BCUT2D eigenvalue weighted by molar-refractivity contribution is 0.0802. The molecule has 5 nitrogen and oxygen atoms in total. The molecule has 164 valence electrons. The number of carbonyl (C=O) groups is 1. The highest BCUT2D eigenvalue weighted by Gasteiger charge is 2.42. The molecule has 0 saturated carbocycles. The largest absolute Gasteiger partial charge is 0.495 e. The molecule has 31 heavy (non-hydrogen) atoms. The fraction of sp³-hybridized carbons (Fsp3) is 0.480. The van der Waals surface area contributed by atoms with Crippen molar-refractivity contribution in [2.75, 3.05) is 32.6 Å². The number of methoxy groups -OCH3 is 1. The van der Waals surface area contributed by atoms with Crippen molar-refractivity contribution >= 4 is 29.0 Å². The number of piperidine rings is 1. The van der Waals surface area contributed by atoms with E-state index < -0.39 is 0 Å². The van der Waals surface area contributed by atoms with Crippen LogP contribution in [0.4, 0.5) is 11.4 Å². The Morgan fingerprint density at radius 3 is 2.55 bits per heavy atom. The molecule has 2 unspecified atom stereocenters. The molecule has 2 fully saturated rings. The van der Waals surface area contributed by atoms with Crippen molar-refractivity contribution in [1.29, 1.82) is 0 Å². The Labute approximate surface area is 189 Å². The predicted octanol–water partition coefficient (Wildman–Crippen LogP) is 5.02. The number of nitrogens with zero attached hydrogens (tertiary/aromatic N) is 3. The number of carbonyl (C=O) groups excluding carboxylic acids is 1. The molecular formula is C25H31N3O2S. The Morgan fingerprint density at radius 1 is 1.13 bits per heavy atom. The van der Waals surface area contributed by atoms with Gasteiger partial charge in [0.05, 0.1) is 23.4 Å². The highest BCUT2D eigenvalue weighted by Crippen LogP contribution is 2.54. The van der Waals surface area contributed by atoms with E-state index in [1.54, 1.807) is 23.8 Å². The number of ether oxygens (including phenoxy) is 1. The number of hydrogen-bond donors (Lipinski definition) is 0. The molecule has 0 spiro atoms. The van der Waals surface area contributed by atoms with Gasteiger partial charge < -0.3 is 19.4 Å². The summed E-state index contributed by atoms with van der Waals surface area (Å²) in [4.78, 5) is 22.0. The number of amides is 1. The minimum absolute atomic E-state index is 0.0700. The number of fused-ring (bicyclic) bond motifs is 4. The third kappa shape index (κ3) is 3.40. The number of rotatable bonds is 4. The Kier molecular flexibility index (Phi) is 5.39. The van der Waals surface area contributed by atoms with Gasteiger partial charge in [-0.3, -0.25) is 4.79 Å². The molecule has 2 bridgehead atoms. The first-order chi connectivity index (χ1) is 15.0. The van der Waals surface area contributed by atoms with E-state index in [0.717, 1.165) is 21.1 Å². The van der Waals surface area contributed by atoms with E-state index in [2.05, 4.69) is 41.1 Å². The van der Waals surface area contributed by atoms with Crippen molar-refractivity contribution in [2.24, 2.45) is 0 Å². The zero-order valence-electron chi connectivity index (χ0n) is 18.8. The van der Waals surface area contributed by atoms with Gasteiger partial charge in [0.25, 0.3) is 5.91 Å². The second-order valence-corrected chi connectivity index (χ2v) is 10.0. The fourth-order valence-electron chi connectivity index (χ4n) is 5.48. The minimum atomic E-state index is 0.0700. The van der Waals surface area contributed by atoms with Crippen LogP contribution >= 0.6 is 11.8 Å². The first-order valence-electron chi connectivity index (χ1n) is 11.3. The van der Waals surface area contributed by atoms with Crippen LogP contribution in [0.1, 0.15) is 43.0 Å². The average molecular weight is 438 g/mol. The highest BCUT2D eigenvalue weighted by atomic mass is 32.2. The second-order valence-electron chi connectivity index (χ2n) is 8.96. The standard InChI is InChI=1S/C25H31N3O2S/c1-5-26(2)25(29)16-9-12-20-23(13-16)31-24-21(7-6-8-22(24)30-4)28(20)19-14-17-10-11-18(15-19)27(17)3/h6-9,12-13,17-19H,5,10-11,14-15H2,1-4H3. The molecule has 3 aliphatic rings. The SMILES string of the molecule is CCN(C)C(=O)c1ccc2c(c1)Sc1c(OC)cccc1N2C1CC2CCC(C1)N2C. The summed E-state index contributed by atoms with van der Waals surface area (Å²) in [5, 5.41) is 0. The Morgan fingerprint density at radius 2 is 1.87 bits per heavy atom. The first-order valence-corrected chi connectivity index (χ1v) is 12.1. The summed E-state index contributed by atoms with van der Waals surface area (Å²) >= 11 is 1.72.